The number of thiazole rings is 1. The van der Waals surface area contributed by atoms with Crippen molar-refractivity contribution < 1.29 is 13.7 Å². The molecule has 1 saturated heterocycles. The summed E-state index contributed by atoms with van der Waals surface area (Å²) in [5.74, 6) is 0.894. The molecule has 0 radical (unpaired) electrons. The highest BCUT2D eigenvalue weighted by Gasteiger charge is 2.33. The number of imidazole rings is 1. The van der Waals surface area contributed by atoms with Crippen LogP contribution in [0.3, 0.4) is 0 Å². The van der Waals surface area contributed by atoms with Crippen LogP contribution < -0.4 is 0 Å². The van der Waals surface area contributed by atoms with Crippen LogP contribution in [0.1, 0.15) is 40.1 Å². The van der Waals surface area contributed by atoms with Crippen LogP contribution in [-0.4, -0.2) is 38.4 Å². The van der Waals surface area contributed by atoms with Crippen LogP contribution in [0, 0.1) is 19.7 Å². The molecule has 1 atom stereocenters. The first-order chi connectivity index (χ1) is 14.0. The lowest BCUT2D eigenvalue weighted by molar-refractivity contribution is 0.0749. The molecule has 1 unspecified atom stereocenters. The molecule has 4 heterocycles. The van der Waals surface area contributed by atoms with E-state index in [2.05, 4.69) is 21.9 Å². The number of halogens is 1. The molecule has 29 heavy (non-hydrogen) atoms. The molecule has 1 aromatic carbocycles. The summed E-state index contributed by atoms with van der Waals surface area (Å²) in [5, 5.41) is 6.11. The molecule has 1 amide bonds. The van der Waals surface area contributed by atoms with E-state index in [0.29, 0.717) is 24.3 Å². The number of hydrogen-bond donors (Lipinski definition) is 0. The second-order valence-corrected chi connectivity index (χ2v) is 8.24. The van der Waals surface area contributed by atoms with E-state index in [4.69, 9.17) is 9.51 Å². The van der Waals surface area contributed by atoms with Crippen LogP contribution in [0.15, 0.2) is 40.2 Å². The van der Waals surface area contributed by atoms with Crippen molar-refractivity contribution in [2.75, 3.05) is 13.1 Å². The van der Waals surface area contributed by atoms with Gasteiger partial charge in [0, 0.05) is 41.7 Å². The molecule has 6 nitrogen and oxygen atoms in total. The minimum absolute atomic E-state index is 0.178. The smallest absolute Gasteiger partial charge is 0.292 e. The molecule has 0 aliphatic carbocycles. The first kappa shape index (κ1) is 18.1. The zero-order valence-corrected chi connectivity index (χ0v) is 16.9. The zero-order chi connectivity index (χ0) is 20.1. The third kappa shape index (κ3) is 3.04. The molecule has 1 aliphatic heterocycles. The average Bonchev–Trinajstić information content (AvgIpc) is 3.48. The number of fused-ring (bicyclic) bond motifs is 1. The lowest BCUT2D eigenvalue weighted by Gasteiger charge is -2.13. The summed E-state index contributed by atoms with van der Waals surface area (Å²) in [6.45, 7) is 5.35. The van der Waals surface area contributed by atoms with Crippen LogP contribution in [0.25, 0.3) is 16.1 Å². The van der Waals surface area contributed by atoms with Crippen molar-refractivity contribution in [1.82, 2.24) is 19.4 Å². The van der Waals surface area contributed by atoms with Gasteiger partial charge in [-0.25, -0.2) is 9.37 Å². The van der Waals surface area contributed by atoms with Crippen molar-refractivity contribution in [2.24, 2.45) is 0 Å². The van der Waals surface area contributed by atoms with Crippen molar-refractivity contribution in [3.8, 4) is 11.3 Å². The van der Waals surface area contributed by atoms with Gasteiger partial charge in [0.1, 0.15) is 22.2 Å². The van der Waals surface area contributed by atoms with E-state index >= 15 is 0 Å². The Balaban J connectivity index is 1.35. The summed E-state index contributed by atoms with van der Waals surface area (Å²) in [4.78, 5) is 20.6. The average molecular weight is 410 g/mol. The highest BCUT2D eigenvalue weighted by molar-refractivity contribution is 7.15. The summed E-state index contributed by atoms with van der Waals surface area (Å²) < 4.78 is 20.6. The molecule has 5 rings (SSSR count). The number of carbonyl (C=O) groups excluding carboxylic acids is 1. The maximum absolute atomic E-state index is 13.1. The van der Waals surface area contributed by atoms with Crippen molar-refractivity contribution in [2.45, 2.75) is 26.2 Å². The Morgan fingerprint density at radius 1 is 1.28 bits per heavy atom. The number of aromatic nitrogens is 3. The van der Waals surface area contributed by atoms with E-state index in [1.807, 2.05) is 6.92 Å². The third-order valence-corrected chi connectivity index (χ3v) is 6.52. The van der Waals surface area contributed by atoms with Gasteiger partial charge >= 0.3 is 0 Å². The zero-order valence-electron chi connectivity index (χ0n) is 16.1. The first-order valence-corrected chi connectivity index (χ1v) is 10.3. The summed E-state index contributed by atoms with van der Waals surface area (Å²) >= 11 is 1.70. The SMILES string of the molecule is Cc1csc2c(C3CCN(C(=O)c4cc(-c5ccc(F)cc5)no4)C3)nc(C)n12. The van der Waals surface area contributed by atoms with E-state index in [-0.39, 0.29) is 23.4 Å². The predicted molar refractivity (Wildman–Crippen MR) is 108 cm³/mol. The van der Waals surface area contributed by atoms with E-state index in [1.165, 1.54) is 17.8 Å². The minimum Gasteiger partial charge on any atom is -0.350 e. The number of aryl methyl sites for hydroxylation is 2. The van der Waals surface area contributed by atoms with E-state index in [1.54, 1.807) is 34.4 Å². The molecular formula is C21H19FN4O2S. The fourth-order valence-corrected chi connectivity index (χ4v) is 5.08. The van der Waals surface area contributed by atoms with E-state index < -0.39 is 0 Å². The summed E-state index contributed by atoms with van der Waals surface area (Å²) in [5.41, 5.74) is 3.48. The molecule has 0 spiro atoms. The van der Waals surface area contributed by atoms with Gasteiger partial charge < -0.3 is 9.42 Å². The van der Waals surface area contributed by atoms with Crippen molar-refractivity contribution in [3.63, 3.8) is 0 Å². The van der Waals surface area contributed by atoms with Gasteiger partial charge in [0.05, 0.1) is 5.69 Å². The van der Waals surface area contributed by atoms with Crippen LogP contribution >= 0.6 is 11.3 Å². The molecule has 148 valence electrons. The normalized spacial score (nSPS) is 16.8. The maximum Gasteiger partial charge on any atom is 0.292 e. The number of benzene rings is 1. The fourth-order valence-electron chi connectivity index (χ4n) is 3.98. The molecule has 0 N–H and O–H groups in total. The van der Waals surface area contributed by atoms with Gasteiger partial charge in [0.15, 0.2) is 0 Å². The Hall–Kier alpha value is -3.00. The maximum atomic E-state index is 13.1. The second-order valence-electron chi connectivity index (χ2n) is 7.38. The lowest BCUT2D eigenvalue weighted by atomic mass is 10.1. The Bertz CT molecular complexity index is 1210. The number of carbonyl (C=O) groups is 1. The number of likely N-dealkylation sites (tertiary alicyclic amines) is 1. The van der Waals surface area contributed by atoms with Crippen molar-refractivity contribution >= 4 is 22.1 Å². The van der Waals surface area contributed by atoms with Gasteiger partial charge in [-0.1, -0.05) is 5.16 Å². The highest BCUT2D eigenvalue weighted by atomic mass is 32.1. The van der Waals surface area contributed by atoms with Crippen LogP contribution in [0.2, 0.25) is 0 Å². The molecule has 1 fully saturated rings. The van der Waals surface area contributed by atoms with Crippen molar-refractivity contribution in [1.29, 1.82) is 0 Å². The molecule has 4 aromatic rings. The Labute approximate surface area is 170 Å². The monoisotopic (exact) mass is 410 g/mol. The third-order valence-electron chi connectivity index (χ3n) is 5.44. The summed E-state index contributed by atoms with van der Waals surface area (Å²) in [7, 11) is 0. The minimum atomic E-state index is -0.318. The highest BCUT2D eigenvalue weighted by Crippen LogP contribution is 2.34. The molecule has 8 heteroatoms. The predicted octanol–water partition coefficient (Wildman–Crippen LogP) is 4.44. The largest absolute Gasteiger partial charge is 0.350 e. The molecule has 1 aliphatic rings. The Kier molecular flexibility index (Phi) is 4.24. The van der Waals surface area contributed by atoms with E-state index in [9.17, 15) is 9.18 Å². The summed E-state index contributed by atoms with van der Waals surface area (Å²) in [6, 6.07) is 7.56. The lowest BCUT2D eigenvalue weighted by Crippen LogP contribution is -2.28. The fraction of sp³-hybridized carbons (Fsp3) is 0.286. The first-order valence-electron chi connectivity index (χ1n) is 9.46. The van der Waals surface area contributed by atoms with Gasteiger partial charge in [-0.05, 0) is 44.5 Å². The molecule has 0 bridgehead atoms. The number of amides is 1. The van der Waals surface area contributed by atoms with Gasteiger partial charge in [-0.15, -0.1) is 11.3 Å². The van der Waals surface area contributed by atoms with Crippen LogP contribution in [-0.2, 0) is 0 Å². The second kappa shape index (κ2) is 6.81. The van der Waals surface area contributed by atoms with E-state index in [0.717, 1.165) is 22.8 Å². The number of nitrogens with zero attached hydrogens (tertiary/aromatic N) is 4. The molecule has 0 saturated carbocycles. The number of rotatable bonds is 3. The van der Waals surface area contributed by atoms with Crippen LogP contribution in [0.4, 0.5) is 4.39 Å². The topological polar surface area (TPSA) is 63.6 Å². The number of hydrogen-bond acceptors (Lipinski definition) is 5. The van der Waals surface area contributed by atoms with Gasteiger partial charge in [-0.3, -0.25) is 9.20 Å². The molecular weight excluding hydrogens is 391 g/mol. The van der Waals surface area contributed by atoms with Gasteiger partial charge in [-0.2, -0.15) is 0 Å². The van der Waals surface area contributed by atoms with Gasteiger partial charge in [0.25, 0.3) is 5.91 Å². The quantitative estimate of drug-likeness (QED) is 0.501. The molecule has 3 aromatic heterocycles. The van der Waals surface area contributed by atoms with Gasteiger partial charge in [0.2, 0.25) is 5.76 Å². The standard InChI is InChI=1S/C21H19FN4O2S/c1-12-11-29-21-19(23-13(2)26(12)21)15-7-8-25(10-15)20(27)18-9-17(24-28-18)14-3-5-16(22)6-4-14/h3-6,9,11,15H,7-8,10H2,1-2H3. The Morgan fingerprint density at radius 2 is 2.07 bits per heavy atom. The van der Waals surface area contributed by atoms with Crippen LogP contribution in [0.5, 0.6) is 0 Å². The van der Waals surface area contributed by atoms with Crippen molar-refractivity contribution in [3.05, 3.63) is 64.5 Å². The Morgan fingerprint density at radius 3 is 2.86 bits per heavy atom. The summed E-state index contributed by atoms with van der Waals surface area (Å²) in [6.07, 6.45) is 0.869.